The van der Waals surface area contributed by atoms with Gasteiger partial charge in [0.15, 0.2) is 0 Å². The molecule has 5 nitrogen and oxygen atoms in total. The number of nitrogens with one attached hydrogen (secondary N) is 1. The zero-order valence-electron chi connectivity index (χ0n) is 12.8. The summed E-state index contributed by atoms with van der Waals surface area (Å²) >= 11 is 0. The van der Waals surface area contributed by atoms with Gasteiger partial charge in [0.2, 0.25) is 15.9 Å². The number of hydrogen-bond donors (Lipinski definition) is 1. The van der Waals surface area contributed by atoms with Crippen molar-refractivity contribution < 1.29 is 17.6 Å². The average Bonchev–Trinajstić information content (AvgIpc) is 2.48. The number of halogens is 1. The summed E-state index contributed by atoms with van der Waals surface area (Å²) in [6, 6.07) is 3.76. The Hall–Kier alpha value is -1.47. The van der Waals surface area contributed by atoms with Gasteiger partial charge in [0, 0.05) is 26.6 Å². The van der Waals surface area contributed by atoms with E-state index in [9.17, 15) is 17.6 Å². The van der Waals surface area contributed by atoms with Crippen LogP contribution in [0.4, 0.5) is 4.39 Å². The molecule has 2 rings (SSSR count). The van der Waals surface area contributed by atoms with Crippen molar-refractivity contribution in [3.05, 3.63) is 29.6 Å². The van der Waals surface area contributed by atoms with E-state index < -0.39 is 15.8 Å². The molecule has 0 spiro atoms. The lowest BCUT2D eigenvalue weighted by atomic mass is 9.97. The normalized spacial score (nSPS) is 16.8. The molecule has 122 valence electrons. The Labute approximate surface area is 130 Å². The van der Waals surface area contributed by atoms with Crippen LogP contribution in [0.15, 0.2) is 23.1 Å². The summed E-state index contributed by atoms with van der Waals surface area (Å²) in [4.78, 5) is 13.1. The van der Waals surface area contributed by atoms with Crippen molar-refractivity contribution >= 4 is 15.9 Å². The first-order valence-electron chi connectivity index (χ1n) is 7.31. The monoisotopic (exact) mass is 328 g/mol. The van der Waals surface area contributed by atoms with Crippen LogP contribution in [0.2, 0.25) is 0 Å². The van der Waals surface area contributed by atoms with Crippen LogP contribution in [-0.4, -0.2) is 38.9 Å². The van der Waals surface area contributed by atoms with Crippen molar-refractivity contribution in [3.8, 4) is 0 Å². The van der Waals surface area contributed by atoms with Crippen LogP contribution in [0.1, 0.15) is 25.3 Å². The topological polar surface area (TPSA) is 66.5 Å². The number of aryl methyl sites for hydroxylation is 1. The van der Waals surface area contributed by atoms with Gasteiger partial charge >= 0.3 is 0 Å². The SMILES string of the molecule is CC(=O)N1CCC(CNS(=O)(=O)c2ccc(F)c(C)c2)CC1. The highest BCUT2D eigenvalue weighted by Crippen LogP contribution is 2.18. The molecule has 1 amide bonds. The molecule has 1 saturated heterocycles. The molecule has 1 heterocycles. The Morgan fingerprint density at radius 3 is 2.55 bits per heavy atom. The van der Waals surface area contributed by atoms with Crippen LogP contribution in [0, 0.1) is 18.7 Å². The van der Waals surface area contributed by atoms with E-state index in [1.807, 2.05) is 0 Å². The minimum absolute atomic E-state index is 0.0563. The first kappa shape index (κ1) is 16.9. The Bertz CT molecular complexity index is 653. The van der Waals surface area contributed by atoms with Crippen molar-refractivity contribution in [2.75, 3.05) is 19.6 Å². The van der Waals surface area contributed by atoms with Crippen molar-refractivity contribution in [1.29, 1.82) is 0 Å². The maximum Gasteiger partial charge on any atom is 0.240 e. The second-order valence-electron chi connectivity index (χ2n) is 5.71. The predicted molar refractivity (Wildman–Crippen MR) is 81.3 cm³/mol. The quantitative estimate of drug-likeness (QED) is 0.914. The van der Waals surface area contributed by atoms with E-state index in [1.54, 1.807) is 11.8 Å². The Morgan fingerprint density at radius 1 is 1.36 bits per heavy atom. The molecule has 1 aromatic rings. The molecule has 0 bridgehead atoms. The molecule has 1 N–H and O–H groups in total. The van der Waals surface area contributed by atoms with Gasteiger partial charge in [0.05, 0.1) is 4.90 Å². The van der Waals surface area contributed by atoms with Gasteiger partial charge in [-0.2, -0.15) is 0 Å². The van der Waals surface area contributed by atoms with Crippen LogP contribution in [-0.2, 0) is 14.8 Å². The van der Waals surface area contributed by atoms with Gasteiger partial charge in [0.1, 0.15) is 5.82 Å². The van der Waals surface area contributed by atoms with Gasteiger partial charge in [-0.1, -0.05) is 0 Å². The molecule has 1 aromatic carbocycles. The number of benzene rings is 1. The lowest BCUT2D eigenvalue weighted by Gasteiger charge is -2.31. The van der Waals surface area contributed by atoms with E-state index in [1.165, 1.54) is 19.1 Å². The number of hydrogen-bond acceptors (Lipinski definition) is 3. The maximum atomic E-state index is 13.2. The zero-order chi connectivity index (χ0) is 16.3. The predicted octanol–water partition coefficient (Wildman–Crippen LogP) is 1.67. The van der Waals surface area contributed by atoms with Crippen LogP contribution in [0.3, 0.4) is 0 Å². The van der Waals surface area contributed by atoms with Crippen LogP contribution >= 0.6 is 0 Å². The van der Waals surface area contributed by atoms with Gasteiger partial charge in [-0.3, -0.25) is 4.79 Å². The number of amides is 1. The van der Waals surface area contributed by atoms with Crippen molar-refractivity contribution in [3.63, 3.8) is 0 Å². The van der Waals surface area contributed by atoms with E-state index in [2.05, 4.69) is 4.72 Å². The Kier molecular flexibility index (Phi) is 5.18. The zero-order valence-corrected chi connectivity index (χ0v) is 13.6. The summed E-state index contributed by atoms with van der Waals surface area (Å²) in [6.45, 7) is 4.74. The second-order valence-corrected chi connectivity index (χ2v) is 7.48. The van der Waals surface area contributed by atoms with Gasteiger partial charge in [0.25, 0.3) is 0 Å². The lowest BCUT2D eigenvalue weighted by Crippen LogP contribution is -2.40. The van der Waals surface area contributed by atoms with E-state index >= 15 is 0 Å². The molecule has 0 aliphatic carbocycles. The molecule has 0 unspecified atom stereocenters. The second kappa shape index (κ2) is 6.75. The Balaban J connectivity index is 1.93. The third-order valence-electron chi connectivity index (χ3n) is 4.06. The third-order valence-corrected chi connectivity index (χ3v) is 5.48. The van der Waals surface area contributed by atoms with Crippen LogP contribution in [0.5, 0.6) is 0 Å². The number of piperidine rings is 1. The number of likely N-dealkylation sites (tertiary alicyclic amines) is 1. The first-order valence-corrected chi connectivity index (χ1v) is 8.79. The fraction of sp³-hybridized carbons (Fsp3) is 0.533. The highest BCUT2D eigenvalue weighted by molar-refractivity contribution is 7.89. The smallest absolute Gasteiger partial charge is 0.240 e. The molecule has 0 radical (unpaired) electrons. The van der Waals surface area contributed by atoms with Gasteiger partial charge in [-0.05, 0) is 49.4 Å². The standard InChI is InChI=1S/C15H21FN2O3S/c1-11-9-14(3-4-15(11)16)22(20,21)17-10-13-5-7-18(8-6-13)12(2)19/h3-4,9,13,17H,5-8,10H2,1-2H3. The molecule has 0 saturated carbocycles. The van der Waals surface area contributed by atoms with Crippen molar-refractivity contribution in [2.45, 2.75) is 31.6 Å². The minimum atomic E-state index is -3.63. The number of nitrogens with zero attached hydrogens (tertiary/aromatic N) is 1. The number of carbonyl (C=O) groups excluding carboxylic acids is 1. The summed E-state index contributed by atoms with van der Waals surface area (Å²) in [5.41, 5.74) is 0.303. The van der Waals surface area contributed by atoms with Crippen LogP contribution in [0.25, 0.3) is 0 Å². The summed E-state index contributed by atoms with van der Waals surface area (Å²) in [7, 11) is -3.63. The fourth-order valence-corrected chi connectivity index (χ4v) is 3.75. The van der Waals surface area contributed by atoms with Gasteiger partial charge in [-0.15, -0.1) is 0 Å². The van der Waals surface area contributed by atoms with Crippen molar-refractivity contribution in [2.24, 2.45) is 5.92 Å². The molecule has 0 aromatic heterocycles. The molecular weight excluding hydrogens is 307 g/mol. The average molecular weight is 328 g/mol. The maximum absolute atomic E-state index is 13.2. The van der Waals surface area contributed by atoms with Crippen molar-refractivity contribution in [1.82, 2.24) is 9.62 Å². The Morgan fingerprint density at radius 2 is 2.00 bits per heavy atom. The summed E-state index contributed by atoms with van der Waals surface area (Å²) < 4.78 is 40.2. The molecule has 1 aliphatic rings. The number of sulfonamides is 1. The third kappa shape index (κ3) is 4.04. The molecule has 0 atom stereocenters. The molecular formula is C15H21FN2O3S. The van der Waals surface area contributed by atoms with E-state index in [0.29, 0.717) is 25.2 Å². The number of carbonyl (C=O) groups is 1. The molecule has 1 aliphatic heterocycles. The van der Waals surface area contributed by atoms with Gasteiger partial charge in [-0.25, -0.2) is 17.5 Å². The summed E-state index contributed by atoms with van der Waals surface area (Å²) in [5.74, 6) is -0.150. The van der Waals surface area contributed by atoms with E-state index in [4.69, 9.17) is 0 Å². The van der Waals surface area contributed by atoms with Crippen LogP contribution < -0.4 is 4.72 Å². The van der Waals surface area contributed by atoms with Gasteiger partial charge < -0.3 is 4.90 Å². The largest absolute Gasteiger partial charge is 0.343 e. The highest BCUT2D eigenvalue weighted by atomic mass is 32.2. The molecule has 7 heteroatoms. The summed E-state index contributed by atoms with van der Waals surface area (Å²) in [6.07, 6.45) is 1.56. The lowest BCUT2D eigenvalue weighted by molar-refractivity contribution is -0.130. The fourth-order valence-electron chi connectivity index (χ4n) is 2.55. The highest BCUT2D eigenvalue weighted by Gasteiger charge is 2.23. The minimum Gasteiger partial charge on any atom is -0.343 e. The van der Waals surface area contributed by atoms with E-state index in [-0.39, 0.29) is 16.7 Å². The molecule has 1 fully saturated rings. The number of rotatable bonds is 4. The summed E-state index contributed by atoms with van der Waals surface area (Å²) in [5, 5.41) is 0. The van der Waals surface area contributed by atoms with E-state index in [0.717, 1.165) is 18.9 Å². The first-order chi connectivity index (χ1) is 10.3. The molecule has 22 heavy (non-hydrogen) atoms.